The molecule has 0 aromatic heterocycles. The number of fused-ring (bicyclic) bond motifs is 1. The molecule has 0 saturated carbocycles. The third-order valence-electron chi connectivity index (χ3n) is 3.54. The number of hydrogen-bond donors (Lipinski definition) is 0. The fraction of sp³-hybridized carbons (Fsp3) is 0.200. The molecule has 16 heavy (non-hydrogen) atoms. The zero-order chi connectivity index (χ0) is 11.0. The lowest BCUT2D eigenvalue weighted by molar-refractivity contribution is 0.345. The molecule has 1 heterocycles. The normalized spacial score (nSPS) is 17.1. The van der Waals surface area contributed by atoms with Gasteiger partial charge in [0.25, 0.3) is 0 Å². The molecule has 1 aliphatic rings. The summed E-state index contributed by atoms with van der Waals surface area (Å²) in [6.07, 6.45) is 0. The van der Waals surface area contributed by atoms with E-state index in [1.807, 2.05) is 0 Å². The lowest BCUT2D eigenvalue weighted by Crippen LogP contribution is -2.38. The monoisotopic (exact) mass is 210 g/mol. The second-order valence-corrected chi connectivity index (χ2v) is 4.82. The molecule has 0 unspecified atom stereocenters. The quantitative estimate of drug-likeness (QED) is 0.633. The van der Waals surface area contributed by atoms with Crippen LogP contribution in [0.4, 0.5) is 5.69 Å². The van der Waals surface area contributed by atoms with Gasteiger partial charge in [-0.3, -0.25) is 4.48 Å². The van der Waals surface area contributed by atoms with Crippen molar-refractivity contribution in [3.8, 4) is 0 Å². The first-order valence-electron chi connectivity index (χ1n) is 5.75. The summed E-state index contributed by atoms with van der Waals surface area (Å²) in [5.41, 5.74) is 4.39. The van der Waals surface area contributed by atoms with Crippen LogP contribution in [0.5, 0.6) is 0 Å². The van der Waals surface area contributed by atoms with Crippen molar-refractivity contribution in [2.45, 2.75) is 13.1 Å². The molecular weight excluding hydrogens is 194 g/mol. The smallest absolute Gasteiger partial charge is 0.133 e. The average Bonchev–Trinajstić information content (AvgIpc) is 2.68. The number of hydrogen-bond acceptors (Lipinski definition) is 0. The molecule has 2 aromatic carbocycles. The second kappa shape index (κ2) is 3.46. The van der Waals surface area contributed by atoms with Crippen LogP contribution in [-0.4, -0.2) is 7.05 Å². The molecule has 0 spiro atoms. The fourth-order valence-corrected chi connectivity index (χ4v) is 2.64. The van der Waals surface area contributed by atoms with Crippen LogP contribution in [-0.2, 0) is 13.1 Å². The van der Waals surface area contributed by atoms with E-state index in [9.17, 15) is 0 Å². The van der Waals surface area contributed by atoms with Gasteiger partial charge >= 0.3 is 0 Å². The molecule has 80 valence electrons. The second-order valence-electron chi connectivity index (χ2n) is 4.82. The van der Waals surface area contributed by atoms with Crippen molar-refractivity contribution in [3.05, 3.63) is 65.7 Å². The first kappa shape index (κ1) is 9.61. The minimum absolute atomic E-state index is 1.00. The van der Waals surface area contributed by atoms with Gasteiger partial charge in [-0.1, -0.05) is 42.5 Å². The highest BCUT2D eigenvalue weighted by Crippen LogP contribution is 2.33. The largest absolute Gasteiger partial charge is 0.286 e. The Bertz CT molecular complexity index is 477. The van der Waals surface area contributed by atoms with Crippen molar-refractivity contribution in [1.29, 1.82) is 0 Å². The van der Waals surface area contributed by atoms with E-state index in [2.05, 4.69) is 61.6 Å². The Hall–Kier alpha value is -1.60. The van der Waals surface area contributed by atoms with E-state index < -0.39 is 0 Å². The number of benzene rings is 2. The maximum atomic E-state index is 2.31. The maximum absolute atomic E-state index is 2.31. The maximum Gasteiger partial charge on any atom is 0.133 e. The van der Waals surface area contributed by atoms with Crippen molar-refractivity contribution in [1.82, 2.24) is 4.48 Å². The van der Waals surface area contributed by atoms with E-state index in [1.54, 1.807) is 0 Å². The number of para-hydroxylation sites is 1. The van der Waals surface area contributed by atoms with Crippen molar-refractivity contribution in [2.75, 3.05) is 7.05 Å². The van der Waals surface area contributed by atoms with Crippen LogP contribution in [0.3, 0.4) is 0 Å². The summed E-state index contributed by atoms with van der Waals surface area (Å²) in [6.45, 7) is 2.22. The summed E-state index contributed by atoms with van der Waals surface area (Å²) in [6, 6.07) is 19.6. The van der Waals surface area contributed by atoms with Crippen LogP contribution < -0.4 is 4.48 Å². The first-order chi connectivity index (χ1) is 7.78. The van der Waals surface area contributed by atoms with E-state index in [1.165, 1.54) is 16.8 Å². The summed E-state index contributed by atoms with van der Waals surface area (Å²) in [7, 11) is 2.31. The van der Waals surface area contributed by atoms with E-state index in [4.69, 9.17) is 0 Å². The van der Waals surface area contributed by atoms with Gasteiger partial charge in [0.2, 0.25) is 0 Å². The minimum Gasteiger partial charge on any atom is -0.286 e. The molecule has 1 aliphatic heterocycles. The Kier molecular flexibility index (Phi) is 2.08. The molecule has 0 amide bonds. The SMILES string of the molecule is C[N+]1(c2ccccc2)Cc2ccccc2C1. The third kappa shape index (κ3) is 1.44. The number of rotatable bonds is 1. The van der Waals surface area contributed by atoms with Gasteiger partial charge in [0.1, 0.15) is 18.8 Å². The first-order valence-corrected chi connectivity index (χ1v) is 5.75. The van der Waals surface area contributed by atoms with Gasteiger partial charge in [-0.25, -0.2) is 0 Å². The zero-order valence-corrected chi connectivity index (χ0v) is 9.56. The molecule has 0 aliphatic carbocycles. The van der Waals surface area contributed by atoms with E-state index in [0.717, 1.165) is 17.6 Å². The van der Waals surface area contributed by atoms with Gasteiger partial charge in [0.15, 0.2) is 0 Å². The van der Waals surface area contributed by atoms with E-state index in [0.29, 0.717) is 0 Å². The Morgan fingerprint density at radius 2 is 1.25 bits per heavy atom. The van der Waals surface area contributed by atoms with Crippen LogP contribution in [0.2, 0.25) is 0 Å². The number of quaternary nitrogens is 1. The van der Waals surface area contributed by atoms with Gasteiger partial charge < -0.3 is 0 Å². The standard InChI is InChI=1S/C15H16N/c1-16(15-9-3-2-4-10-15)11-13-7-5-6-8-14(13)12-16/h2-10H,11-12H2,1H3/q+1. The van der Waals surface area contributed by atoms with Crippen molar-refractivity contribution < 1.29 is 0 Å². The Morgan fingerprint density at radius 3 is 1.81 bits per heavy atom. The minimum atomic E-state index is 1.00. The average molecular weight is 210 g/mol. The highest BCUT2D eigenvalue weighted by atomic mass is 15.3. The van der Waals surface area contributed by atoms with Crippen molar-refractivity contribution in [2.24, 2.45) is 0 Å². The summed E-state index contributed by atoms with van der Waals surface area (Å²) < 4.78 is 1.00. The molecule has 0 fully saturated rings. The molecule has 1 heteroatoms. The van der Waals surface area contributed by atoms with Crippen LogP contribution in [0.1, 0.15) is 11.1 Å². The Balaban J connectivity index is 2.01. The van der Waals surface area contributed by atoms with Gasteiger partial charge in [0.05, 0.1) is 7.05 Å². The fourth-order valence-electron chi connectivity index (χ4n) is 2.64. The molecule has 3 rings (SSSR count). The molecule has 0 saturated heterocycles. The Labute approximate surface area is 96.5 Å². The van der Waals surface area contributed by atoms with E-state index >= 15 is 0 Å². The van der Waals surface area contributed by atoms with Crippen LogP contribution >= 0.6 is 0 Å². The topological polar surface area (TPSA) is 0 Å². The molecule has 0 bridgehead atoms. The predicted octanol–water partition coefficient (Wildman–Crippen LogP) is 3.34. The third-order valence-corrected chi connectivity index (χ3v) is 3.54. The zero-order valence-electron chi connectivity index (χ0n) is 9.56. The van der Waals surface area contributed by atoms with Crippen LogP contribution in [0, 0.1) is 0 Å². The van der Waals surface area contributed by atoms with Crippen molar-refractivity contribution >= 4 is 5.69 Å². The summed E-state index contributed by atoms with van der Waals surface area (Å²) in [4.78, 5) is 0. The highest BCUT2D eigenvalue weighted by molar-refractivity contribution is 5.47. The lowest BCUT2D eigenvalue weighted by atomic mass is 10.1. The summed E-state index contributed by atoms with van der Waals surface area (Å²) >= 11 is 0. The van der Waals surface area contributed by atoms with Gasteiger partial charge in [0, 0.05) is 11.1 Å². The number of nitrogens with zero attached hydrogens (tertiary/aromatic N) is 1. The molecule has 0 atom stereocenters. The van der Waals surface area contributed by atoms with Gasteiger partial charge in [-0.15, -0.1) is 0 Å². The van der Waals surface area contributed by atoms with Crippen LogP contribution in [0.25, 0.3) is 0 Å². The van der Waals surface area contributed by atoms with Gasteiger partial charge in [-0.05, 0) is 12.1 Å². The van der Waals surface area contributed by atoms with Gasteiger partial charge in [-0.2, -0.15) is 0 Å². The summed E-state index contributed by atoms with van der Waals surface area (Å²) in [5.74, 6) is 0. The van der Waals surface area contributed by atoms with Crippen molar-refractivity contribution in [3.63, 3.8) is 0 Å². The molecule has 2 aromatic rings. The Morgan fingerprint density at radius 1 is 0.750 bits per heavy atom. The lowest BCUT2D eigenvalue weighted by Gasteiger charge is -2.28. The van der Waals surface area contributed by atoms with E-state index in [-0.39, 0.29) is 0 Å². The predicted molar refractivity (Wildman–Crippen MR) is 68.0 cm³/mol. The van der Waals surface area contributed by atoms with Crippen LogP contribution in [0.15, 0.2) is 54.6 Å². The molecular formula is C15H16N+. The highest BCUT2D eigenvalue weighted by Gasteiger charge is 2.33. The molecule has 0 N–H and O–H groups in total. The molecule has 0 radical (unpaired) electrons. The molecule has 1 nitrogen and oxygen atoms in total. The summed E-state index contributed by atoms with van der Waals surface area (Å²) in [5, 5.41) is 0.